The van der Waals surface area contributed by atoms with E-state index < -0.39 is 10.0 Å². The minimum absolute atomic E-state index is 0.0959. The molecule has 8 heteroatoms. The highest BCUT2D eigenvalue weighted by Crippen LogP contribution is 2.30. The molecular formula is C20H17N3O3S2. The molecule has 4 rings (SSSR count). The summed E-state index contributed by atoms with van der Waals surface area (Å²) in [7, 11) is -3.67. The number of nitrogens with one attached hydrogen (secondary N) is 1. The minimum atomic E-state index is -3.67. The monoisotopic (exact) mass is 411 g/mol. The maximum absolute atomic E-state index is 12.8. The van der Waals surface area contributed by atoms with Crippen LogP contribution in [0.5, 0.6) is 0 Å². The van der Waals surface area contributed by atoms with E-state index in [0.717, 1.165) is 21.7 Å². The van der Waals surface area contributed by atoms with Gasteiger partial charge in [-0.2, -0.15) is 0 Å². The summed E-state index contributed by atoms with van der Waals surface area (Å²) in [6, 6.07) is 18.4. The number of rotatable bonds is 6. The second kappa shape index (κ2) is 7.67. The van der Waals surface area contributed by atoms with E-state index in [9.17, 15) is 8.42 Å². The third-order valence-corrected chi connectivity index (χ3v) is 7.24. The number of hydrogen-bond acceptors (Lipinski definition) is 6. The zero-order valence-electron chi connectivity index (χ0n) is 15.0. The van der Waals surface area contributed by atoms with Gasteiger partial charge in [-0.3, -0.25) is 4.98 Å². The highest BCUT2D eigenvalue weighted by molar-refractivity contribution is 7.91. The lowest BCUT2D eigenvalue weighted by Crippen LogP contribution is -2.22. The summed E-state index contributed by atoms with van der Waals surface area (Å²) in [5, 5.41) is 4.09. The average molecular weight is 412 g/mol. The molecule has 0 amide bonds. The molecule has 1 aromatic carbocycles. The van der Waals surface area contributed by atoms with Gasteiger partial charge in [-0.05, 0) is 31.2 Å². The van der Waals surface area contributed by atoms with Gasteiger partial charge in [0.05, 0.1) is 10.6 Å². The molecule has 0 aliphatic rings. The molecule has 0 radical (unpaired) electrons. The summed E-state index contributed by atoms with van der Waals surface area (Å²) in [6.07, 6.45) is 1.68. The predicted molar refractivity (Wildman–Crippen MR) is 108 cm³/mol. The van der Waals surface area contributed by atoms with Crippen LogP contribution in [0.4, 0.5) is 0 Å². The van der Waals surface area contributed by atoms with E-state index >= 15 is 0 Å². The summed E-state index contributed by atoms with van der Waals surface area (Å²) in [4.78, 5) is 5.06. The van der Waals surface area contributed by atoms with Crippen molar-refractivity contribution in [3.05, 3.63) is 78.2 Å². The Morgan fingerprint density at radius 2 is 1.82 bits per heavy atom. The number of aryl methyl sites for hydroxylation is 1. The summed E-state index contributed by atoms with van der Waals surface area (Å²) in [5.41, 5.74) is 2.98. The first kappa shape index (κ1) is 18.5. The second-order valence-electron chi connectivity index (χ2n) is 6.09. The van der Waals surface area contributed by atoms with Crippen molar-refractivity contribution < 1.29 is 12.9 Å². The fourth-order valence-electron chi connectivity index (χ4n) is 2.77. The van der Waals surface area contributed by atoms with Crippen LogP contribution in [0, 0.1) is 6.92 Å². The number of pyridine rings is 1. The predicted octanol–water partition coefficient (Wildman–Crippen LogP) is 4.25. The van der Waals surface area contributed by atoms with Crippen LogP contribution in [0.15, 0.2) is 75.6 Å². The number of nitrogens with zero attached hydrogens (tertiary/aromatic N) is 2. The Hall–Kier alpha value is -2.81. The third-order valence-electron chi connectivity index (χ3n) is 4.23. The van der Waals surface area contributed by atoms with Crippen molar-refractivity contribution in [1.29, 1.82) is 0 Å². The lowest BCUT2D eigenvalue weighted by Gasteiger charge is -2.06. The molecular weight excluding hydrogens is 394 g/mol. The molecule has 6 nitrogen and oxygen atoms in total. The van der Waals surface area contributed by atoms with Crippen LogP contribution in [0.25, 0.3) is 21.8 Å². The lowest BCUT2D eigenvalue weighted by molar-refractivity contribution is 0.398. The Morgan fingerprint density at radius 3 is 2.57 bits per heavy atom. The molecule has 4 aromatic rings. The zero-order chi connectivity index (χ0) is 19.6. The van der Waals surface area contributed by atoms with Crippen molar-refractivity contribution in [2.24, 2.45) is 0 Å². The molecule has 1 N–H and O–H groups in total. The summed E-state index contributed by atoms with van der Waals surface area (Å²) in [6.45, 7) is 1.87. The van der Waals surface area contributed by atoms with Gasteiger partial charge in [0.25, 0.3) is 0 Å². The van der Waals surface area contributed by atoms with E-state index in [-0.39, 0.29) is 10.8 Å². The Morgan fingerprint density at radius 1 is 1.04 bits per heavy atom. The number of aromatic nitrogens is 2. The highest BCUT2D eigenvalue weighted by atomic mass is 32.2. The van der Waals surface area contributed by atoms with Gasteiger partial charge < -0.3 is 4.52 Å². The molecule has 0 fully saturated rings. The second-order valence-corrected chi connectivity index (χ2v) is 9.17. The van der Waals surface area contributed by atoms with Crippen LogP contribution in [-0.2, 0) is 16.6 Å². The Labute approximate surface area is 166 Å². The van der Waals surface area contributed by atoms with Crippen molar-refractivity contribution in [3.63, 3.8) is 0 Å². The number of sulfonamides is 1. The number of hydrogen-bond donors (Lipinski definition) is 1. The van der Waals surface area contributed by atoms with Gasteiger partial charge in [0.1, 0.15) is 15.7 Å². The molecule has 0 spiro atoms. The highest BCUT2D eigenvalue weighted by Gasteiger charge is 2.21. The fraction of sp³-hybridized carbons (Fsp3) is 0.100. The number of benzene rings is 1. The number of thiophene rings is 1. The van der Waals surface area contributed by atoms with Gasteiger partial charge in [0, 0.05) is 23.9 Å². The van der Waals surface area contributed by atoms with Gasteiger partial charge in [0.15, 0.2) is 0 Å². The van der Waals surface area contributed by atoms with Crippen LogP contribution in [0.1, 0.15) is 11.3 Å². The normalized spacial score (nSPS) is 11.6. The van der Waals surface area contributed by atoms with Gasteiger partial charge in [-0.1, -0.05) is 41.6 Å². The first-order valence-corrected chi connectivity index (χ1v) is 10.9. The van der Waals surface area contributed by atoms with Crippen molar-refractivity contribution >= 4 is 21.4 Å². The maximum Gasteiger partial charge on any atom is 0.250 e. The zero-order valence-corrected chi connectivity index (χ0v) is 16.6. The molecule has 142 valence electrons. The molecule has 0 unspecified atom stereocenters. The van der Waals surface area contributed by atoms with Crippen molar-refractivity contribution in [2.45, 2.75) is 17.7 Å². The van der Waals surface area contributed by atoms with E-state index in [0.29, 0.717) is 11.5 Å². The van der Waals surface area contributed by atoms with Gasteiger partial charge in [-0.25, -0.2) is 13.1 Å². The van der Waals surface area contributed by atoms with E-state index in [1.165, 1.54) is 11.3 Å². The lowest BCUT2D eigenvalue weighted by atomic mass is 10.1. The maximum atomic E-state index is 12.8. The summed E-state index contributed by atoms with van der Waals surface area (Å²) < 4.78 is 33.7. The Kier molecular flexibility index (Phi) is 5.08. The van der Waals surface area contributed by atoms with Crippen molar-refractivity contribution in [1.82, 2.24) is 14.9 Å². The smallest absolute Gasteiger partial charge is 0.250 e. The van der Waals surface area contributed by atoms with Gasteiger partial charge >= 0.3 is 0 Å². The first-order valence-electron chi connectivity index (χ1n) is 8.56. The first-order chi connectivity index (χ1) is 13.5. The van der Waals surface area contributed by atoms with E-state index in [2.05, 4.69) is 14.9 Å². The van der Waals surface area contributed by atoms with Crippen LogP contribution >= 0.6 is 11.3 Å². The molecule has 0 bridgehead atoms. The molecule has 0 saturated heterocycles. The summed E-state index contributed by atoms with van der Waals surface area (Å²) >= 11 is 1.18. The molecule has 28 heavy (non-hydrogen) atoms. The van der Waals surface area contributed by atoms with Crippen LogP contribution in [0.3, 0.4) is 0 Å². The van der Waals surface area contributed by atoms with E-state index in [1.54, 1.807) is 25.3 Å². The van der Waals surface area contributed by atoms with E-state index in [1.807, 2.05) is 48.5 Å². The van der Waals surface area contributed by atoms with Crippen molar-refractivity contribution in [3.8, 4) is 21.8 Å². The van der Waals surface area contributed by atoms with Crippen LogP contribution in [0.2, 0.25) is 0 Å². The third kappa shape index (κ3) is 3.75. The topological polar surface area (TPSA) is 85.1 Å². The van der Waals surface area contributed by atoms with Gasteiger partial charge in [0.2, 0.25) is 10.0 Å². The van der Waals surface area contributed by atoms with Crippen molar-refractivity contribution in [2.75, 3.05) is 0 Å². The van der Waals surface area contributed by atoms with Gasteiger partial charge in [-0.15, -0.1) is 11.3 Å². The summed E-state index contributed by atoms with van der Waals surface area (Å²) in [5.74, 6) is 0.585. The molecule has 0 atom stereocenters. The largest absolute Gasteiger partial charge is 0.361 e. The minimum Gasteiger partial charge on any atom is -0.361 e. The Balaban J connectivity index is 1.56. The quantitative estimate of drug-likeness (QED) is 0.513. The Bertz CT molecular complexity index is 1180. The molecule has 0 saturated carbocycles. The van der Waals surface area contributed by atoms with E-state index in [4.69, 9.17) is 4.52 Å². The average Bonchev–Trinajstić information content (AvgIpc) is 3.36. The van der Waals surface area contributed by atoms with Crippen LogP contribution in [-0.4, -0.2) is 18.6 Å². The molecule has 0 aliphatic carbocycles. The molecule has 3 heterocycles. The van der Waals surface area contributed by atoms with Crippen LogP contribution < -0.4 is 4.72 Å². The SMILES string of the molecule is Cc1onc(-c2ccccc2)c1CNS(=O)(=O)c1ccc(-c2ccccn2)s1. The molecule has 0 aliphatic heterocycles. The fourth-order valence-corrected chi connectivity index (χ4v) is 5.09. The standard InChI is InChI=1S/C20H17N3O3S2/c1-14-16(20(23-26-14)15-7-3-2-4-8-15)13-22-28(24,25)19-11-10-18(27-19)17-9-5-6-12-21-17/h2-12,22H,13H2,1H3. The molecule has 3 aromatic heterocycles.